The van der Waals surface area contributed by atoms with Gasteiger partial charge in [-0.05, 0) is 37.3 Å². The Balaban J connectivity index is 2.22. The average molecular weight is 328 g/mol. The van der Waals surface area contributed by atoms with E-state index in [0.717, 1.165) is 11.3 Å². The van der Waals surface area contributed by atoms with Crippen molar-refractivity contribution in [1.82, 2.24) is 4.98 Å². The fourth-order valence-electron chi connectivity index (χ4n) is 2.40. The number of carboxylic acids is 1. The van der Waals surface area contributed by atoms with Gasteiger partial charge in [0.1, 0.15) is 5.75 Å². The summed E-state index contributed by atoms with van der Waals surface area (Å²) in [5, 5.41) is 10.5. The van der Waals surface area contributed by atoms with Crippen LogP contribution in [0.4, 0.5) is 0 Å². The zero-order valence-electron chi connectivity index (χ0n) is 12.4. The van der Waals surface area contributed by atoms with Crippen LogP contribution in [0.25, 0.3) is 22.2 Å². The first-order valence-electron chi connectivity index (χ1n) is 7.15. The minimum absolute atomic E-state index is 0.204. The Kier molecular flexibility index (Phi) is 4.17. The predicted octanol–water partition coefficient (Wildman–Crippen LogP) is 4.65. The Hall–Kier alpha value is -2.59. The molecule has 0 fully saturated rings. The van der Waals surface area contributed by atoms with Gasteiger partial charge in [-0.25, -0.2) is 9.78 Å². The normalized spacial score (nSPS) is 10.7. The molecule has 3 rings (SSSR count). The number of carboxylic acid groups (broad SMARTS) is 1. The highest BCUT2D eigenvalue weighted by atomic mass is 35.5. The molecule has 0 atom stereocenters. The maximum Gasteiger partial charge on any atom is 0.335 e. The van der Waals surface area contributed by atoms with Gasteiger partial charge in [0, 0.05) is 22.0 Å². The number of rotatable bonds is 4. The fourth-order valence-corrected chi connectivity index (χ4v) is 2.59. The van der Waals surface area contributed by atoms with Crippen LogP contribution < -0.4 is 4.74 Å². The lowest BCUT2D eigenvalue weighted by molar-refractivity contribution is 0.0697. The van der Waals surface area contributed by atoms with E-state index in [4.69, 9.17) is 21.4 Å². The van der Waals surface area contributed by atoms with Gasteiger partial charge in [-0.1, -0.05) is 23.7 Å². The number of nitrogens with zero attached hydrogens (tertiary/aromatic N) is 1. The second kappa shape index (κ2) is 6.26. The summed E-state index contributed by atoms with van der Waals surface area (Å²) in [4.78, 5) is 15.8. The second-order valence-corrected chi connectivity index (χ2v) is 5.42. The molecule has 0 aliphatic heterocycles. The number of aromatic nitrogens is 1. The van der Waals surface area contributed by atoms with E-state index in [9.17, 15) is 4.79 Å². The summed E-state index contributed by atoms with van der Waals surface area (Å²) in [5.74, 6) is -0.371. The van der Waals surface area contributed by atoms with Crippen molar-refractivity contribution in [3.05, 3.63) is 59.1 Å². The summed E-state index contributed by atoms with van der Waals surface area (Å²) in [6.07, 6.45) is 0. The molecule has 23 heavy (non-hydrogen) atoms. The van der Waals surface area contributed by atoms with Crippen LogP contribution in [-0.4, -0.2) is 22.7 Å². The highest BCUT2D eigenvalue weighted by molar-refractivity contribution is 6.30. The smallest absolute Gasteiger partial charge is 0.335 e. The minimum atomic E-state index is -0.978. The average Bonchev–Trinajstić information content (AvgIpc) is 2.54. The Labute approximate surface area is 138 Å². The Morgan fingerprint density at radius 1 is 1.22 bits per heavy atom. The monoisotopic (exact) mass is 327 g/mol. The number of benzene rings is 2. The molecule has 0 saturated heterocycles. The van der Waals surface area contributed by atoms with Gasteiger partial charge >= 0.3 is 5.97 Å². The van der Waals surface area contributed by atoms with Crippen LogP contribution in [0, 0.1) is 0 Å². The third kappa shape index (κ3) is 3.12. The summed E-state index contributed by atoms with van der Waals surface area (Å²) >= 11 is 6.05. The third-order valence-electron chi connectivity index (χ3n) is 3.44. The molecular weight excluding hydrogens is 314 g/mol. The third-order valence-corrected chi connectivity index (χ3v) is 3.67. The number of hydrogen-bond donors (Lipinski definition) is 1. The van der Waals surface area contributed by atoms with Crippen LogP contribution in [0.3, 0.4) is 0 Å². The van der Waals surface area contributed by atoms with Crippen molar-refractivity contribution in [1.29, 1.82) is 0 Å². The first-order valence-corrected chi connectivity index (χ1v) is 7.53. The van der Waals surface area contributed by atoms with Crippen LogP contribution in [0.2, 0.25) is 5.02 Å². The van der Waals surface area contributed by atoms with Gasteiger partial charge in [0.2, 0.25) is 0 Å². The van der Waals surface area contributed by atoms with E-state index in [2.05, 4.69) is 4.98 Å². The van der Waals surface area contributed by atoms with Gasteiger partial charge in [0.15, 0.2) is 0 Å². The zero-order valence-corrected chi connectivity index (χ0v) is 13.2. The standard InChI is InChI=1S/C18H14ClNO3/c1-2-23-17-10-16(11-4-3-5-13(19)8-11)20-15-7-6-12(18(21)22)9-14(15)17/h3-10H,2H2,1H3,(H,21,22). The lowest BCUT2D eigenvalue weighted by Crippen LogP contribution is -1.99. The maximum atomic E-state index is 11.2. The van der Waals surface area contributed by atoms with E-state index in [0.29, 0.717) is 28.3 Å². The van der Waals surface area contributed by atoms with Gasteiger partial charge in [0.25, 0.3) is 0 Å². The van der Waals surface area contributed by atoms with Crippen molar-refractivity contribution in [2.45, 2.75) is 6.92 Å². The number of halogens is 1. The van der Waals surface area contributed by atoms with Crippen molar-refractivity contribution < 1.29 is 14.6 Å². The molecule has 0 amide bonds. The highest BCUT2D eigenvalue weighted by Crippen LogP contribution is 2.31. The molecular formula is C18H14ClNO3. The lowest BCUT2D eigenvalue weighted by atomic mass is 10.1. The summed E-state index contributed by atoms with van der Waals surface area (Å²) < 4.78 is 5.68. The molecule has 5 heteroatoms. The summed E-state index contributed by atoms with van der Waals surface area (Å²) in [5.41, 5.74) is 2.49. The Bertz CT molecular complexity index is 893. The number of carbonyl (C=O) groups is 1. The van der Waals surface area contributed by atoms with E-state index in [-0.39, 0.29) is 5.56 Å². The summed E-state index contributed by atoms with van der Waals surface area (Å²) in [6.45, 7) is 2.36. The first-order chi connectivity index (χ1) is 11.1. The van der Waals surface area contributed by atoms with Gasteiger partial charge in [-0.15, -0.1) is 0 Å². The minimum Gasteiger partial charge on any atom is -0.493 e. The molecule has 0 radical (unpaired) electrons. The topological polar surface area (TPSA) is 59.4 Å². The Morgan fingerprint density at radius 3 is 2.74 bits per heavy atom. The van der Waals surface area contributed by atoms with Crippen molar-refractivity contribution in [3.63, 3.8) is 0 Å². The van der Waals surface area contributed by atoms with Gasteiger partial charge in [0.05, 0.1) is 23.4 Å². The number of pyridine rings is 1. The van der Waals surface area contributed by atoms with Crippen LogP contribution in [0.5, 0.6) is 5.75 Å². The first kappa shape index (κ1) is 15.3. The zero-order chi connectivity index (χ0) is 16.4. The number of aromatic carboxylic acids is 1. The van der Waals surface area contributed by atoms with Crippen molar-refractivity contribution >= 4 is 28.5 Å². The molecule has 2 aromatic carbocycles. The van der Waals surface area contributed by atoms with Crippen LogP contribution in [0.15, 0.2) is 48.5 Å². The van der Waals surface area contributed by atoms with Crippen LogP contribution >= 0.6 is 11.6 Å². The van der Waals surface area contributed by atoms with Gasteiger partial charge < -0.3 is 9.84 Å². The molecule has 1 aromatic heterocycles. The lowest BCUT2D eigenvalue weighted by Gasteiger charge is -2.11. The molecule has 0 spiro atoms. The van der Waals surface area contributed by atoms with E-state index < -0.39 is 5.97 Å². The number of hydrogen-bond acceptors (Lipinski definition) is 3. The summed E-state index contributed by atoms with van der Waals surface area (Å²) in [7, 11) is 0. The van der Waals surface area contributed by atoms with Gasteiger partial charge in [-0.3, -0.25) is 0 Å². The second-order valence-electron chi connectivity index (χ2n) is 4.99. The molecule has 116 valence electrons. The molecule has 0 bridgehead atoms. The molecule has 0 unspecified atom stereocenters. The highest BCUT2D eigenvalue weighted by Gasteiger charge is 2.12. The largest absolute Gasteiger partial charge is 0.493 e. The molecule has 0 aliphatic rings. The SMILES string of the molecule is CCOc1cc(-c2cccc(Cl)c2)nc2ccc(C(=O)O)cc12. The molecule has 0 saturated carbocycles. The Morgan fingerprint density at radius 2 is 2.04 bits per heavy atom. The molecule has 0 aliphatic carbocycles. The van der Waals surface area contributed by atoms with Crippen LogP contribution in [-0.2, 0) is 0 Å². The van der Waals surface area contributed by atoms with E-state index >= 15 is 0 Å². The van der Waals surface area contributed by atoms with Crippen LogP contribution in [0.1, 0.15) is 17.3 Å². The van der Waals surface area contributed by atoms with E-state index in [1.165, 1.54) is 6.07 Å². The van der Waals surface area contributed by atoms with E-state index in [1.54, 1.807) is 18.2 Å². The number of fused-ring (bicyclic) bond motifs is 1. The van der Waals surface area contributed by atoms with E-state index in [1.807, 2.05) is 31.2 Å². The van der Waals surface area contributed by atoms with Crippen molar-refractivity contribution in [2.75, 3.05) is 6.61 Å². The maximum absolute atomic E-state index is 11.2. The molecule has 1 N–H and O–H groups in total. The fraction of sp³-hybridized carbons (Fsp3) is 0.111. The number of ether oxygens (including phenoxy) is 1. The van der Waals surface area contributed by atoms with Crippen molar-refractivity contribution in [2.24, 2.45) is 0 Å². The molecule has 3 aromatic rings. The molecule has 4 nitrogen and oxygen atoms in total. The molecule has 1 heterocycles. The predicted molar refractivity (Wildman–Crippen MR) is 90.3 cm³/mol. The van der Waals surface area contributed by atoms with Crippen molar-refractivity contribution in [3.8, 4) is 17.0 Å². The summed E-state index contributed by atoms with van der Waals surface area (Å²) in [6, 6.07) is 14.0. The van der Waals surface area contributed by atoms with Gasteiger partial charge in [-0.2, -0.15) is 0 Å². The quantitative estimate of drug-likeness (QED) is 0.757.